The van der Waals surface area contributed by atoms with Crippen LogP contribution < -0.4 is 10.6 Å². The fourth-order valence-corrected chi connectivity index (χ4v) is 2.45. The van der Waals surface area contributed by atoms with E-state index in [-0.39, 0.29) is 18.0 Å². The van der Waals surface area contributed by atoms with Crippen LogP contribution in [0.3, 0.4) is 0 Å². The van der Waals surface area contributed by atoms with E-state index in [1.54, 1.807) is 11.3 Å². The average molecular weight is 268 g/mol. The zero-order valence-electron chi connectivity index (χ0n) is 11.7. The summed E-state index contributed by atoms with van der Waals surface area (Å²) < 4.78 is 0. The van der Waals surface area contributed by atoms with Crippen LogP contribution in [0.25, 0.3) is 0 Å². The first kappa shape index (κ1) is 15.2. The van der Waals surface area contributed by atoms with Gasteiger partial charge in [-0.1, -0.05) is 19.9 Å². The Bertz CT molecular complexity index is 349. The zero-order valence-corrected chi connectivity index (χ0v) is 12.5. The third-order valence-electron chi connectivity index (χ3n) is 2.88. The molecule has 0 aromatic carbocycles. The number of hydrogen-bond donors (Lipinski definition) is 2. The van der Waals surface area contributed by atoms with Crippen LogP contribution in [-0.2, 0) is 4.79 Å². The number of amides is 1. The lowest BCUT2D eigenvalue weighted by molar-refractivity contribution is -0.122. The van der Waals surface area contributed by atoms with E-state index in [9.17, 15) is 4.79 Å². The highest BCUT2D eigenvalue weighted by Gasteiger charge is 2.16. The van der Waals surface area contributed by atoms with Gasteiger partial charge in [-0.2, -0.15) is 0 Å². The molecule has 18 heavy (non-hydrogen) atoms. The molecule has 2 atom stereocenters. The molecular weight excluding hydrogens is 244 g/mol. The molecule has 0 aliphatic carbocycles. The smallest absolute Gasteiger partial charge is 0.236 e. The van der Waals surface area contributed by atoms with Crippen LogP contribution in [0, 0.1) is 5.92 Å². The van der Waals surface area contributed by atoms with Gasteiger partial charge in [0.15, 0.2) is 0 Å². The van der Waals surface area contributed by atoms with Crippen LogP contribution in [-0.4, -0.2) is 18.5 Å². The number of carbonyl (C=O) groups excluding carboxylic acids is 1. The Balaban J connectivity index is 2.31. The number of carbonyl (C=O) groups is 1. The summed E-state index contributed by atoms with van der Waals surface area (Å²) in [6.07, 6.45) is 1.03. The third kappa shape index (κ3) is 5.19. The second kappa shape index (κ2) is 7.54. The molecule has 0 fully saturated rings. The van der Waals surface area contributed by atoms with E-state index in [0.29, 0.717) is 5.92 Å². The summed E-state index contributed by atoms with van der Waals surface area (Å²) in [5.41, 5.74) is 0. The molecule has 2 N–H and O–H groups in total. The van der Waals surface area contributed by atoms with Gasteiger partial charge in [0.2, 0.25) is 5.91 Å². The minimum absolute atomic E-state index is 0.0825. The lowest BCUT2D eigenvalue weighted by Gasteiger charge is -2.19. The van der Waals surface area contributed by atoms with Crippen molar-refractivity contribution in [1.82, 2.24) is 10.6 Å². The van der Waals surface area contributed by atoms with Crippen molar-refractivity contribution in [3.8, 4) is 0 Å². The summed E-state index contributed by atoms with van der Waals surface area (Å²) in [4.78, 5) is 13.1. The van der Waals surface area contributed by atoms with Gasteiger partial charge in [-0.3, -0.25) is 10.1 Å². The molecule has 2 unspecified atom stereocenters. The average Bonchev–Trinajstić information content (AvgIpc) is 2.81. The fourth-order valence-electron chi connectivity index (χ4n) is 1.71. The summed E-state index contributed by atoms with van der Waals surface area (Å²) in [6, 6.07) is 4.18. The third-order valence-corrected chi connectivity index (χ3v) is 3.94. The Morgan fingerprint density at radius 2 is 2.06 bits per heavy atom. The fraction of sp³-hybridized carbons (Fsp3) is 0.643. The molecule has 4 heteroatoms. The predicted molar refractivity (Wildman–Crippen MR) is 77.8 cm³/mol. The maximum Gasteiger partial charge on any atom is 0.236 e. The van der Waals surface area contributed by atoms with Crippen LogP contribution >= 0.6 is 11.3 Å². The second-order valence-electron chi connectivity index (χ2n) is 5.10. The van der Waals surface area contributed by atoms with E-state index in [1.807, 2.05) is 13.0 Å². The van der Waals surface area contributed by atoms with Crippen molar-refractivity contribution in [3.63, 3.8) is 0 Å². The van der Waals surface area contributed by atoms with Crippen LogP contribution in [0.1, 0.15) is 45.0 Å². The molecule has 0 radical (unpaired) electrons. The van der Waals surface area contributed by atoms with Gasteiger partial charge in [-0.25, -0.2) is 0 Å². The number of nitrogens with one attached hydrogen (secondary N) is 2. The normalized spacial score (nSPS) is 14.5. The molecule has 1 amide bonds. The second-order valence-corrected chi connectivity index (χ2v) is 6.08. The summed E-state index contributed by atoms with van der Waals surface area (Å²) >= 11 is 1.71. The summed E-state index contributed by atoms with van der Waals surface area (Å²) in [5.74, 6) is 0.706. The largest absolute Gasteiger partial charge is 0.355 e. The van der Waals surface area contributed by atoms with E-state index >= 15 is 0 Å². The Morgan fingerprint density at radius 3 is 2.61 bits per heavy atom. The maximum atomic E-state index is 11.9. The van der Waals surface area contributed by atoms with Crippen molar-refractivity contribution in [2.45, 2.75) is 46.2 Å². The maximum absolute atomic E-state index is 11.9. The summed E-state index contributed by atoms with van der Waals surface area (Å²) in [7, 11) is 0. The zero-order chi connectivity index (χ0) is 13.5. The Kier molecular flexibility index (Phi) is 6.36. The van der Waals surface area contributed by atoms with Crippen LogP contribution in [0.4, 0.5) is 0 Å². The lowest BCUT2D eigenvalue weighted by atomic mass is 10.1. The van der Waals surface area contributed by atoms with E-state index in [1.165, 1.54) is 4.88 Å². The van der Waals surface area contributed by atoms with Gasteiger partial charge in [0.05, 0.1) is 6.04 Å². The minimum atomic E-state index is -0.158. The van der Waals surface area contributed by atoms with Gasteiger partial charge in [0.25, 0.3) is 0 Å². The number of thiophene rings is 1. The standard InChI is InChI=1S/C14H24N2OS/c1-10(2)7-8-15-14(17)12(4)16-11(3)13-6-5-9-18-13/h5-6,9-12,16H,7-8H2,1-4H3,(H,15,17). The van der Waals surface area contributed by atoms with E-state index in [2.05, 4.69) is 42.9 Å². The Morgan fingerprint density at radius 1 is 1.33 bits per heavy atom. The minimum Gasteiger partial charge on any atom is -0.355 e. The van der Waals surface area contributed by atoms with Crippen molar-refractivity contribution in [3.05, 3.63) is 22.4 Å². The predicted octanol–water partition coefficient (Wildman–Crippen LogP) is 2.95. The molecule has 0 bridgehead atoms. The molecule has 1 heterocycles. The van der Waals surface area contributed by atoms with Gasteiger partial charge in [0.1, 0.15) is 0 Å². The first-order valence-electron chi connectivity index (χ1n) is 6.58. The summed E-state index contributed by atoms with van der Waals surface area (Å²) in [5, 5.41) is 8.34. The first-order valence-corrected chi connectivity index (χ1v) is 7.45. The molecule has 102 valence electrons. The van der Waals surface area contributed by atoms with E-state index in [4.69, 9.17) is 0 Å². The lowest BCUT2D eigenvalue weighted by Crippen LogP contribution is -2.43. The molecule has 3 nitrogen and oxygen atoms in total. The van der Waals surface area contributed by atoms with E-state index < -0.39 is 0 Å². The molecule has 1 aromatic heterocycles. The van der Waals surface area contributed by atoms with Crippen LogP contribution in [0.5, 0.6) is 0 Å². The van der Waals surface area contributed by atoms with Crippen molar-refractivity contribution in [2.24, 2.45) is 5.92 Å². The highest BCUT2D eigenvalue weighted by Crippen LogP contribution is 2.18. The van der Waals surface area contributed by atoms with Crippen molar-refractivity contribution in [1.29, 1.82) is 0 Å². The SMILES string of the molecule is CC(C)CCNC(=O)C(C)NC(C)c1cccs1. The van der Waals surface area contributed by atoms with Crippen molar-refractivity contribution < 1.29 is 4.79 Å². The number of rotatable bonds is 7. The van der Waals surface area contributed by atoms with Crippen molar-refractivity contribution in [2.75, 3.05) is 6.54 Å². The van der Waals surface area contributed by atoms with Gasteiger partial charge in [-0.05, 0) is 37.6 Å². The molecule has 0 aliphatic rings. The Hall–Kier alpha value is -0.870. The molecule has 1 rings (SSSR count). The molecule has 0 spiro atoms. The number of hydrogen-bond acceptors (Lipinski definition) is 3. The van der Waals surface area contributed by atoms with Crippen LogP contribution in [0.15, 0.2) is 17.5 Å². The monoisotopic (exact) mass is 268 g/mol. The molecular formula is C14H24N2OS. The molecule has 0 aliphatic heterocycles. The quantitative estimate of drug-likeness (QED) is 0.798. The van der Waals surface area contributed by atoms with Gasteiger partial charge >= 0.3 is 0 Å². The molecule has 0 saturated heterocycles. The van der Waals surface area contributed by atoms with Gasteiger partial charge in [-0.15, -0.1) is 11.3 Å². The van der Waals surface area contributed by atoms with Crippen molar-refractivity contribution >= 4 is 17.2 Å². The van der Waals surface area contributed by atoms with Crippen LogP contribution in [0.2, 0.25) is 0 Å². The van der Waals surface area contributed by atoms with Gasteiger partial charge in [0, 0.05) is 17.5 Å². The highest BCUT2D eigenvalue weighted by atomic mass is 32.1. The molecule has 0 saturated carbocycles. The Labute approximate surface area is 114 Å². The highest BCUT2D eigenvalue weighted by molar-refractivity contribution is 7.10. The summed E-state index contributed by atoms with van der Waals surface area (Å²) in [6.45, 7) is 9.08. The topological polar surface area (TPSA) is 41.1 Å². The molecule has 1 aromatic rings. The first-order chi connectivity index (χ1) is 8.50. The van der Waals surface area contributed by atoms with E-state index in [0.717, 1.165) is 13.0 Å². The van der Waals surface area contributed by atoms with Gasteiger partial charge < -0.3 is 5.32 Å².